The molecule has 0 aliphatic heterocycles. The monoisotopic (exact) mass is 266 g/mol. The number of benzene rings is 1. The first-order chi connectivity index (χ1) is 9.75. The molecule has 0 saturated heterocycles. The van der Waals surface area contributed by atoms with E-state index in [0.29, 0.717) is 10.9 Å². The number of aromatic nitrogens is 3. The van der Waals surface area contributed by atoms with Gasteiger partial charge in [0.25, 0.3) is 5.56 Å². The second kappa shape index (κ2) is 4.93. The van der Waals surface area contributed by atoms with E-state index in [1.165, 1.54) is 6.21 Å². The van der Waals surface area contributed by atoms with Gasteiger partial charge in [0, 0.05) is 12.4 Å². The van der Waals surface area contributed by atoms with Crippen LogP contribution in [0.2, 0.25) is 0 Å². The molecule has 0 aliphatic carbocycles. The number of nitrogens with zero attached hydrogens (tertiary/aromatic N) is 3. The summed E-state index contributed by atoms with van der Waals surface area (Å²) in [7, 11) is 0. The van der Waals surface area contributed by atoms with Gasteiger partial charge in [-0.05, 0) is 29.8 Å². The summed E-state index contributed by atoms with van der Waals surface area (Å²) in [6.07, 6.45) is 4.65. The van der Waals surface area contributed by atoms with Crippen LogP contribution in [-0.4, -0.2) is 20.9 Å². The van der Waals surface area contributed by atoms with Gasteiger partial charge in [-0.2, -0.15) is 5.10 Å². The molecule has 3 aromatic rings. The third-order valence-corrected chi connectivity index (χ3v) is 2.81. The van der Waals surface area contributed by atoms with E-state index in [4.69, 9.17) is 0 Å². The molecule has 6 heteroatoms. The predicted molar refractivity (Wildman–Crippen MR) is 76.1 cm³/mol. The number of rotatable bonds is 2. The van der Waals surface area contributed by atoms with E-state index in [0.717, 1.165) is 10.2 Å². The van der Waals surface area contributed by atoms with E-state index in [2.05, 4.69) is 15.1 Å². The normalized spacial score (nSPS) is 11.2. The van der Waals surface area contributed by atoms with Crippen LogP contribution in [-0.2, 0) is 0 Å². The van der Waals surface area contributed by atoms with Crippen molar-refractivity contribution in [1.82, 2.24) is 14.6 Å². The molecule has 0 unspecified atom stereocenters. The number of hydrogen-bond donors (Lipinski definition) is 1. The van der Waals surface area contributed by atoms with Gasteiger partial charge in [0.1, 0.15) is 0 Å². The van der Waals surface area contributed by atoms with Crippen molar-refractivity contribution in [2.45, 2.75) is 0 Å². The number of hydrogen-bond acceptors (Lipinski definition) is 4. The molecule has 0 saturated carbocycles. The number of pyridine rings is 1. The Hall–Kier alpha value is -3.02. The molecule has 0 bridgehead atoms. The molecule has 2 aromatic heterocycles. The van der Waals surface area contributed by atoms with E-state index in [1.807, 2.05) is 0 Å². The number of H-pyrrole nitrogens is 1. The van der Waals surface area contributed by atoms with Gasteiger partial charge in [-0.15, -0.1) is 4.68 Å². The van der Waals surface area contributed by atoms with Crippen LogP contribution >= 0.6 is 0 Å². The van der Waals surface area contributed by atoms with Crippen LogP contribution < -0.4 is 11.2 Å². The minimum atomic E-state index is -0.570. The van der Waals surface area contributed by atoms with Gasteiger partial charge < -0.3 is 4.98 Å². The van der Waals surface area contributed by atoms with Crippen LogP contribution in [0.25, 0.3) is 10.9 Å². The van der Waals surface area contributed by atoms with Crippen molar-refractivity contribution < 1.29 is 0 Å². The highest BCUT2D eigenvalue weighted by molar-refractivity contribution is 5.79. The highest BCUT2D eigenvalue weighted by Gasteiger charge is 2.05. The lowest BCUT2D eigenvalue weighted by atomic mass is 10.2. The molecule has 0 atom stereocenters. The van der Waals surface area contributed by atoms with E-state index in [1.54, 1.807) is 48.8 Å². The van der Waals surface area contributed by atoms with Crippen molar-refractivity contribution in [3.8, 4) is 0 Å². The van der Waals surface area contributed by atoms with Crippen LogP contribution in [0.4, 0.5) is 0 Å². The molecule has 3 rings (SSSR count). The Balaban J connectivity index is 2.15. The molecular weight excluding hydrogens is 256 g/mol. The Morgan fingerprint density at radius 3 is 2.65 bits per heavy atom. The highest BCUT2D eigenvalue weighted by Crippen LogP contribution is 2.02. The number of nitrogens with one attached hydrogen (secondary N) is 1. The van der Waals surface area contributed by atoms with Gasteiger partial charge in [0.2, 0.25) is 0 Å². The van der Waals surface area contributed by atoms with Crippen LogP contribution in [0.3, 0.4) is 0 Å². The van der Waals surface area contributed by atoms with Gasteiger partial charge in [-0.3, -0.25) is 9.78 Å². The summed E-state index contributed by atoms with van der Waals surface area (Å²) in [6.45, 7) is 0. The lowest BCUT2D eigenvalue weighted by Gasteiger charge is -2.00. The minimum Gasteiger partial charge on any atom is -0.305 e. The lowest BCUT2D eigenvalue weighted by Crippen LogP contribution is -2.32. The Labute approximate surface area is 113 Å². The zero-order valence-corrected chi connectivity index (χ0v) is 10.4. The largest absolute Gasteiger partial charge is 0.349 e. The zero-order chi connectivity index (χ0) is 13.9. The van der Waals surface area contributed by atoms with Gasteiger partial charge >= 0.3 is 5.69 Å². The maximum atomic E-state index is 12.2. The van der Waals surface area contributed by atoms with Gasteiger partial charge in [-0.25, -0.2) is 4.79 Å². The average Bonchev–Trinajstić information content (AvgIpc) is 2.48. The zero-order valence-electron chi connectivity index (χ0n) is 10.4. The molecule has 0 fully saturated rings. The topological polar surface area (TPSA) is 80.1 Å². The van der Waals surface area contributed by atoms with Gasteiger partial charge in [0.15, 0.2) is 0 Å². The average molecular weight is 266 g/mol. The summed E-state index contributed by atoms with van der Waals surface area (Å²) in [4.78, 5) is 30.5. The number of para-hydroxylation sites is 1. The fourth-order valence-electron chi connectivity index (χ4n) is 1.83. The molecule has 0 amide bonds. The van der Waals surface area contributed by atoms with Crippen LogP contribution in [0.15, 0.2) is 63.5 Å². The predicted octanol–water partition coefficient (Wildman–Crippen LogP) is 0.967. The van der Waals surface area contributed by atoms with E-state index < -0.39 is 11.2 Å². The summed E-state index contributed by atoms with van der Waals surface area (Å²) < 4.78 is 0.808. The van der Waals surface area contributed by atoms with Gasteiger partial charge in [0.05, 0.1) is 17.1 Å². The SMILES string of the molecule is O=c1[nH]c2ccccc2c(=O)n1N=Cc1ccncc1. The summed E-state index contributed by atoms with van der Waals surface area (Å²) in [5, 5.41) is 4.35. The van der Waals surface area contributed by atoms with Crippen LogP contribution in [0, 0.1) is 0 Å². The standard InChI is InChI=1S/C14H10N4O2/c19-13-11-3-1-2-4-12(11)17-14(20)18(13)16-9-10-5-7-15-8-6-10/h1-9H,(H,17,20). The van der Waals surface area contributed by atoms with Gasteiger partial charge in [-0.1, -0.05) is 12.1 Å². The van der Waals surface area contributed by atoms with Crippen molar-refractivity contribution in [2.75, 3.05) is 0 Å². The Kier molecular flexibility index (Phi) is 2.96. The van der Waals surface area contributed by atoms with Crippen molar-refractivity contribution in [3.05, 3.63) is 75.2 Å². The summed E-state index contributed by atoms with van der Waals surface area (Å²) in [5.41, 5.74) is 0.228. The first kappa shape index (κ1) is 12.0. The summed E-state index contributed by atoms with van der Waals surface area (Å²) in [5.74, 6) is 0. The first-order valence-corrected chi connectivity index (χ1v) is 5.94. The van der Waals surface area contributed by atoms with E-state index in [-0.39, 0.29) is 0 Å². The maximum Gasteiger partial charge on any atom is 0.349 e. The fourth-order valence-corrected chi connectivity index (χ4v) is 1.83. The van der Waals surface area contributed by atoms with Crippen LogP contribution in [0.5, 0.6) is 0 Å². The van der Waals surface area contributed by atoms with Crippen molar-refractivity contribution in [2.24, 2.45) is 5.10 Å². The molecule has 1 aromatic carbocycles. The van der Waals surface area contributed by atoms with E-state index >= 15 is 0 Å². The third kappa shape index (κ3) is 2.14. The molecule has 98 valence electrons. The molecule has 2 heterocycles. The molecule has 0 spiro atoms. The van der Waals surface area contributed by atoms with Crippen molar-refractivity contribution in [1.29, 1.82) is 0 Å². The van der Waals surface area contributed by atoms with Crippen molar-refractivity contribution in [3.63, 3.8) is 0 Å². The molecule has 0 aliphatic rings. The summed E-state index contributed by atoms with van der Waals surface area (Å²) >= 11 is 0. The lowest BCUT2D eigenvalue weighted by molar-refractivity contribution is 0.771. The van der Waals surface area contributed by atoms with Crippen LogP contribution in [0.1, 0.15) is 5.56 Å². The smallest absolute Gasteiger partial charge is 0.305 e. The second-order valence-corrected chi connectivity index (χ2v) is 4.12. The van der Waals surface area contributed by atoms with Crippen molar-refractivity contribution >= 4 is 17.1 Å². The molecular formula is C14H10N4O2. The summed E-state index contributed by atoms with van der Waals surface area (Å²) in [6, 6.07) is 10.3. The Bertz CT molecular complexity index is 894. The Morgan fingerprint density at radius 2 is 1.85 bits per heavy atom. The minimum absolute atomic E-state index is 0.416. The number of fused-ring (bicyclic) bond motifs is 1. The second-order valence-electron chi connectivity index (χ2n) is 4.12. The maximum absolute atomic E-state index is 12.2. The molecule has 1 N–H and O–H groups in total. The third-order valence-electron chi connectivity index (χ3n) is 2.81. The quantitative estimate of drug-likeness (QED) is 0.702. The molecule has 6 nitrogen and oxygen atoms in total. The molecule has 0 radical (unpaired) electrons. The molecule has 20 heavy (non-hydrogen) atoms. The van der Waals surface area contributed by atoms with E-state index in [9.17, 15) is 9.59 Å². The Morgan fingerprint density at radius 1 is 1.10 bits per heavy atom. The highest BCUT2D eigenvalue weighted by atomic mass is 16.2. The first-order valence-electron chi connectivity index (χ1n) is 5.94. The fraction of sp³-hybridized carbons (Fsp3) is 0. The number of aromatic amines is 1.